The van der Waals surface area contributed by atoms with E-state index in [1.54, 1.807) is 12.5 Å². The van der Waals surface area contributed by atoms with E-state index in [1.165, 1.54) is 18.4 Å². The zero-order valence-electron chi connectivity index (χ0n) is 9.36. The Bertz CT molecular complexity index is 468. The maximum atomic E-state index is 5.02. The summed E-state index contributed by atoms with van der Waals surface area (Å²) in [4.78, 5) is 8.79. The van der Waals surface area contributed by atoms with Gasteiger partial charge in [0.05, 0.1) is 12.5 Å². The summed E-state index contributed by atoms with van der Waals surface area (Å²) in [7, 11) is 0. The van der Waals surface area contributed by atoms with Gasteiger partial charge in [0, 0.05) is 11.4 Å². The fourth-order valence-corrected chi connectivity index (χ4v) is 1.93. The summed E-state index contributed by atoms with van der Waals surface area (Å²) in [5.74, 6) is 0.726. The second-order valence-electron chi connectivity index (χ2n) is 3.80. The Labute approximate surface area is 143 Å². The molecule has 2 aromatic rings. The molecular weight excluding hydrogens is 274 g/mol. The van der Waals surface area contributed by atoms with Crippen molar-refractivity contribution in [1.29, 1.82) is 0 Å². The van der Waals surface area contributed by atoms with Crippen LogP contribution in [0.4, 0.5) is 0 Å². The van der Waals surface area contributed by atoms with Crippen LogP contribution in [0.15, 0.2) is 23.0 Å². The van der Waals surface area contributed by atoms with Crippen molar-refractivity contribution >= 4 is 0 Å². The van der Waals surface area contributed by atoms with Gasteiger partial charge in [-0.15, -0.1) is 5.56 Å². The molecule has 0 amide bonds. The smallest absolute Gasteiger partial charge is 0.473 e. The van der Waals surface area contributed by atoms with Crippen molar-refractivity contribution in [2.45, 2.75) is 25.7 Å². The molecular formula is C12H11N2ORb. The van der Waals surface area contributed by atoms with Crippen LogP contribution >= 0.6 is 0 Å². The van der Waals surface area contributed by atoms with Crippen molar-refractivity contribution < 1.29 is 62.6 Å². The third-order valence-electron chi connectivity index (χ3n) is 2.76. The van der Waals surface area contributed by atoms with Gasteiger partial charge in [-0.25, -0.2) is 0 Å². The molecule has 0 fully saturated rings. The largest absolute Gasteiger partial charge is 1.00 e. The molecule has 2 heterocycles. The molecule has 0 aromatic carbocycles. The molecule has 0 N–H and O–H groups in total. The second kappa shape index (κ2) is 5.67. The summed E-state index contributed by atoms with van der Waals surface area (Å²) in [6, 6.07) is 1.87. The summed E-state index contributed by atoms with van der Waals surface area (Å²) in [5.41, 5.74) is 3.28. The molecule has 16 heavy (non-hydrogen) atoms. The summed E-state index contributed by atoms with van der Waals surface area (Å²) >= 11 is 0. The molecule has 76 valence electrons. The van der Waals surface area contributed by atoms with Gasteiger partial charge in [-0.3, -0.25) is 0 Å². The SMILES string of the molecule is [Rb+].[c-]1nc(-c2ccoc2)nc2c1CCCC2. The first-order valence-corrected chi connectivity index (χ1v) is 5.23. The summed E-state index contributed by atoms with van der Waals surface area (Å²) in [6.07, 6.45) is 11.0. The predicted octanol–water partition coefficient (Wildman–Crippen LogP) is -0.580. The van der Waals surface area contributed by atoms with Gasteiger partial charge in [0.15, 0.2) is 0 Å². The van der Waals surface area contributed by atoms with E-state index in [4.69, 9.17) is 4.42 Å². The van der Waals surface area contributed by atoms with Gasteiger partial charge >= 0.3 is 58.2 Å². The summed E-state index contributed by atoms with van der Waals surface area (Å²) in [5, 5.41) is 0. The van der Waals surface area contributed by atoms with E-state index in [0.717, 1.165) is 29.9 Å². The van der Waals surface area contributed by atoms with Crippen molar-refractivity contribution in [2.75, 3.05) is 0 Å². The van der Waals surface area contributed by atoms with Crippen LogP contribution in [-0.2, 0) is 12.8 Å². The van der Waals surface area contributed by atoms with Crippen molar-refractivity contribution in [3.05, 3.63) is 36.0 Å². The molecule has 0 aliphatic heterocycles. The minimum absolute atomic E-state index is 0. The maximum absolute atomic E-state index is 5.02. The van der Waals surface area contributed by atoms with Crippen LogP contribution in [0.2, 0.25) is 0 Å². The summed E-state index contributed by atoms with van der Waals surface area (Å²) < 4.78 is 5.02. The van der Waals surface area contributed by atoms with Crippen LogP contribution in [0.25, 0.3) is 11.4 Å². The molecule has 4 heteroatoms. The number of nitrogens with zero attached hydrogens (tertiary/aromatic N) is 2. The van der Waals surface area contributed by atoms with E-state index >= 15 is 0 Å². The van der Waals surface area contributed by atoms with Crippen LogP contribution in [0.3, 0.4) is 0 Å². The van der Waals surface area contributed by atoms with Crippen molar-refractivity contribution in [2.24, 2.45) is 0 Å². The molecule has 3 nitrogen and oxygen atoms in total. The fraction of sp³-hybridized carbons (Fsp3) is 0.333. The standard InChI is InChI=1S/C12H11N2O.Rb/c1-2-4-11-9(3-1)7-13-12(14-11)10-5-6-15-8-10;/h5-6,8H,1-4H2;/q-1;+1. The zero-order valence-corrected chi connectivity index (χ0v) is 14.3. The van der Waals surface area contributed by atoms with Gasteiger partial charge in [-0.1, -0.05) is 31.2 Å². The van der Waals surface area contributed by atoms with Crippen LogP contribution in [0.5, 0.6) is 0 Å². The van der Waals surface area contributed by atoms with Crippen LogP contribution in [0, 0.1) is 6.20 Å². The molecule has 0 spiro atoms. The van der Waals surface area contributed by atoms with E-state index in [0.29, 0.717) is 0 Å². The molecule has 0 bridgehead atoms. The number of furan rings is 1. The first-order valence-electron chi connectivity index (χ1n) is 5.23. The third kappa shape index (κ3) is 2.53. The topological polar surface area (TPSA) is 38.9 Å². The van der Waals surface area contributed by atoms with Gasteiger partial charge in [-0.05, 0) is 12.5 Å². The molecule has 1 aliphatic rings. The third-order valence-corrected chi connectivity index (χ3v) is 2.76. The number of aryl methyl sites for hydroxylation is 2. The van der Waals surface area contributed by atoms with E-state index in [2.05, 4.69) is 16.2 Å². The average molecular weight is 285 g/mol. The Morgan fingerprint density at radius 2 is 2.12 bits per heavy atom. The molecule has 0 unspecified atom stereocenters. The molecule has 2 aromatic heterocycles. The molecule has 0 radical (unpaired) electrons. The Hall–Kier alpha value is 0.165. The number of hydrogen-bond acceptors (Lipinski definition) is 3. The summed E-state index contributed by atoms with van der Waals surface area (Å²) in [6.45, 7) is 0. The van der Waals surface area contributed by atoms with Gasteiger partial charge in [0.2, 0.25) is 0 Å². The number of hydrogen-bond donors (Lipinski definition) is 0. The van der Waals surface area contributed by atoms with Crippen molar-refractivity contribution in [3.63, 3.8) is 0 Å². The molecule has 0 atom stereocenters. The molecule has 0 saturated heterocycles. The van der Waals surface area contributed by atoms with E-state index in [1.807, 2.05) is 6.07 Å². The van der Waals surface area contributed by atoms with E-state index in [-0.39, 0.29) is 58.2 Å². The Kier molecular flexibility index (Phi) is 4.47. The Morgan fingerprint density at radius 1 is 1.25 bits per heavy atom. The van der Waals surface area contributed by atoms with Crippen LogP contribution in [0.1, 0.15) is 24.1 Å². The Balaban J connectivity index is 0.000000963. The van der Waals surface area contributed by atoms with Crippen LogP contribution < -0.4 is 58.2 Å². The number of rotatable bonds is 1. The first-order chi connectivity index (χ1) is 7.43. The predicted molar refractivity (Wildman–Crippen MR) is 55.2 cm³/mol. The molecule has 0 saturated carbocycles. The van der Waals surface area contributed by atoms with E-state index < -0.39 is 0 Å². The average Bonchev–Trinajstić information content (AvgIpc) is 2.82. The van der Waals surface area contributed by atoms with E-state index in [9.17, 15) is 0 Å². The normalized spacial score (nSPS) is 14.0. The van der Waals surface area contributed by atoms with Crippen LogP contribution in [-0.4, -0.2) is 9.97 Å². The second-order valence-corrected chi connectivity index (χ2v) is 3.80. The zero-order chi connectivity index (χ0) is 10.1. The number of aromatic nitrogens is 2. The van der Waals surface area contributed by atoms with Gasteiger partial charge in [0.25, 0.3) is 0 Å². The fourth-order valence-electron chi connectivity index (χ4n) is 1.93. The quantitative estimate of drug-likeness (QED) is 0.658. The maximum Gasteiger partial charge on any atom is 1.00 e. The first kappa shape index (κ1) is 12.6. The van der Waals surface area contributed by atoms with Gasteiger partial charge in [-0.2, -0.15) is 0 Å². The minimum Gasteiger partial charge on any atom is -0.473 e. The Morgan fingerprint density at radius 3 is 2.94 bits per heavy atom. The molecule has 1 aliphatic carbocycles. The monoisotopic (exact) mass is 284 g/mol. The van der Waals surface area contributed by atoms with Gasteiger partial charge < -0.3 is 14.4 Å². The molecule has 3 rings (SSSR count). The van der Waals surface area contributed by atoms with Crippen molar-refractivity contribution in [3.8, 4) is 11.4 Å². The minimum atomic E-state index is 0. The van der Waals surface area contributed by atoms with Gasteiger partial charge in [0.1, 0.15) is 0 Å². The number of fused-ring (bicyclic) bond motifs is 1. The van der Waals surface area contributed by atoms with Crippen molar-refractivity contribution in [1.82, 2.24) is 9.97 Å².